The van der Waals surface area contributed by atoms with E-state index in [2.05, 4.69) is 10.9 Å². The number of nitrogens with zero attached hydrogens (tertiary/aromatic N) is 1. The maximum atomic E-state index is 12.3. The highest BCUT2D eigenvalue weighted by Gasteiger charge is 2.22. The number of hydrogen-bond donors (Lipinski definition) is 3. The molecule has 0 spiro atoms. The Morgan fingerprint density at radius 3 is 2.67 bits per heavy atom. The molecule has 1 aromatic rings. The normalized spacial score (nSPS) is 13.4. The standard InChI is InChI=1S/C18H25N3O6/c1-2-3-4-5-14(11-21(25)12-22)18(24)20-19-17(23)13-6-7-15-16(10-13)27-9-8-26-15/h6-7,10,12,14,25H,2-5,8-9,11H2,1H3,(H,19,23)(H,20,24)/t14-/m1/s1. The minimum atomic E-state index is -0.632. The van der Waals surface area contributed by atoms with Crippen LogP contribution in [0.15, 0.2) is 18.2 Å². The molecule has 0 saturated heterocycles. The number of ether oxygens (including phenoxy) is 2. The molecule has 27 heavy (non-hydrogen) atoms. The third-order valence-corrected chi connectivity index (χ3v) is 4.16. The molecule has 148 valence electrons. The Morgan fingerprint density at radius 2 is 1.96 bits per heavy atom. The molecule has 1 aromatic carbocycles. The van der Waals surface area contributed by atoms with Gasteiger partial charge in [-0.3, -0.25) is 30.4 Å². The number of hydroxylamine groups is 2. The van der Waals surface area contributed by atoms with Gasteiger partial charge in [-0.2, -0.15) is 0 Å². The van der Waals surface area contributed by atoms with E-state index in [0.29, 0.717) is 41.8 Å². The molecule has 1 atom stereocenters. The minimum Gasteiger partial charge on any atom is -0.486 e. The molecule has 0 saturated carbocycles. The van der Waals surface area contributed by atoms with Crippen molar-refractivity contribution in [2.45, 2.75) is 32.6 Å². The van der Waals surface area contributed by atoms with Crippen molar-refractivity contribution in [2.24, 2.45) is 5.92 Å². The first-order valence-electron chi connectivity index (χ1n) is 8.95. The highest BCUT2D eigenvalue weighted by molar-refractivity contribution is 5.96. The number of carbonyl (C=O) groups is 3. The number of fused-ring (bicyclic) bond motifs is 1. The number of unbranched alkanes of at least 4 members (excludes halogenated alkanes) is 2. The quantitative estimate of drug-likeness (QED) is 0.257. The van der Waals surface area contributed by atoms with Crippen molar-refractivity contribution in [2.75, 3.05) is 19.8 Å². The third kappa shape index (κ3) is 6.14. The Balaban J connectivity index is 1.92. The maximum absolute atomic E-state index is 12.3. The summed E-state index contributed by atoms with van der Waals surface area (Å²) in [6.45, 7) is 2.75. The molecule has 3 amide bonds. The lowest BCUT2D eigenvalue weighted by Crippen LogP contribution is -2.46. The van der Waals surface area contributed by atoms with E-state index in [1.807, 2.05) is 6.92 Å². The smallest absolute Gasteiger partial charge is 0.269 e. The number of rotatable bonds is 9. The second-order valence-electron chi connectivity index (χ2n) is 6.22. The van der Waals surface area contributed by atoms with Crippen molar-refractivity contribution in [3.63, 3.8) is 0 Å². The zero-order chi connectivity index (χ0) is 19.6. The molecule has 0 aromatic heterocycles. The molecule has 1 aliphatic rings. The molecule has 9 nitrogen and oxygen atoms in total. The number of amides is 3. The molecule has 0 unspecified atom stereocenters. The van der Waals surface area contributed by atoms with Crippen LogP contribution in [0.5, 0.6) is 11.5 Å². The van der Waals surface area contributed by atoms with E-state index in [0.717, 1.165) is 19.3 Å². The fourth-order valence-electron chi connectivity index (χ4n) is 2.69. The van der Waals surface area contributed by atoms with Crippen LogP contribution in [0.1, 0.15) is 43.0 Å². The topological polar surface area (TPSA) is 117 Å². The summed E-state index contributed by atoms with van der Waals surface area (Å²) < 4.78 is 10.8. The second-order valence-corrected chi connectivity index (χ2v) is 6.22. The maximum Gasteiger partial charge on any atom is 0.269 e. The van der Waals surface area contributed by atoms with Crippen molar-refractivity contribution in [3.8, 4) is 11.5 Å². The van der Waals surface area contributed by atoms with Crippen molar-refractivity contribution in [1.82, 2.24) is 15.9 Å². The van der Waals surface area contributed by atoms with E-state index >= 15 is 0 Å². The summed E-state index contributed by atoms with van der Waals surface area (Å²) in [5.74, 6) is -0.580. The molecule has 9 heteroatoms. The summed E-state index contributed by atoms with van der Waals surface area (Å²) in [5, 5.41) is 9.80. The molecule has 0 aliphatic carbocycles. The van der Waals surface area contributed by atoms with Crippen LogP contribution in [0.2, 0.25) is 0 Å². The van der Waals surface area contributed by atoms with E-state index in [-0.39, 0.29) is 13.0 Å². The van der Waals surface area contributed by atoms with Crippen LogP contribution in [-0.4, -0.2) is 48.3 Å². The van der Waals surface area contributed by atoms with Crippen LogP contribution in [0.4, 0.5) is 0 Å². The molecular formula is C18H25N3O6. The molecule has 2 rings (SSSR count). The first-order chi connectivity index (χ1) is 13.0. The Bertz CT molecular complexity index is 666. The van der Waals surface area contributed by atoms with Gasteiger partial charge in [-0.15, -0.1) is 0 Å². The molecular weight excluding hydrogens is 354 g/mol. The average molecular weight is 379 g/mol. The van der Waals surface area contributed by atoms with Gasteiger partial charge < -0.3 is 9.47 Å². The Morgan fingerprint density at radius 1 is 1.22 bits per heavy atom. The highest BCUT2D eigenvalue weighted by Crippen LogP contribution is 2.30. The van der Waals surface area contributed by atoms with Gasteiger partial charge in [-0.1, -0.05) is 26.2 Å². The molecule has 0 bridgehead atoms. The number of benzene rings is 1. The lowest BCUT2D eigenvalue weighted by atomic mass is 10.0. The van der Waals surface area contributed by atoms with Crippen molar-refractivity contribution in [1.29, 1.82) is 0 Å². The molecule has 0 radical (unpaired) electrons. The van der Waals surface area contributed by atoms with Crippen molar-refractivity contribution in [3.05, 3.63) is 23.8 Å². The van der Waals surface area contributed by atoms with E-state index in [1.165, 1.54) is 6.07 Å². The number of hydrogen-bond acceptors (Lipinski definition) is 6. The van der Waals surface area contributed by atoms with E-state index in [1.54, 1.807) is 12.1 Å². The summed E-state index contributed by atoms with van der Waals surface area (Å²) in [4.78, 5) is 35.2. The van der Waals surface area contributed by atoms with Crippen LogP contribution in [-0.2, 0) is 9.59 Å². The Hall–Kier alpha value is -2.81. The number of hydrazine groups is 1. The molecule has 1 heterocycles. The molecule has 1 aliphatic heterocycles. The van der Waals surface area contributed by atoms with Gasteiger partial charge in [-0.05, 0) is 24.6 Å². The summed E-state index contributed by atoms with van der Waals surface area (Å²) in [7, 11) is 0. The largest absolute Gasteiger partial charge is 0.486 e. The zero-order valence-corrected chi connectivity index (χ0v) is 15.3. The summed E-state index contributed by atoms with van der Waals surface area (Å²) >= 11 is 0. The third-order valence-electron chi connectivity index (χ3n) is 4.16. The Labute approximate surface area is 157 Å². The monoisotopic (exact) mass is 379 g/mol. The first kappa shape index (κ1) is 20.5. The number of carbonyl (C=O) groups excluding carboxylic acids is 3. The SMILES string of the molecule is CCCCC[C@H](CN(O)C=O)C(=O)NNC(=O)c1ccc2c(c1)OCCO2. The predicted molar refractivity (Wildman–Crippen MR) is 95.2 cm³/mol. The van der Waals surface area contributed by atoms with Crippen molar-refractivity contribution < 1.29 is 29.1 Å². The Kier molecular flexibility index (Phi) is 7.87. The van der Waals surface area contributed by atoms with E-state index < -0.39 is 17.7 Å². The van der Waals surface area contributed by atoms with Gasteiger partial charge in [0, 0.05) is 5.56 Å². The minimum absolute atomic E-state index is 0.140. The number of nitrogens with one attached hydrogen (secondary N) is 2. The van der Waals surface area contributed by atoms with Gasteiger partial charge in [0.25, 0.3) is 5.91 Å². The van der Waals surface area contributed by atoms with Gasteiger partial charge in [-0.25, -0.2) is 5.06 Å². The van der Waals surface area contributed by atoms with Gasteiger partial charge in [0.15, 0.2) is 11.5 Å². The van der Waals surface area contributed by atoms with Gasteiger partial charge in [0.05, 0.1) is 12.5 Å². The van der Waals surface area contributed by atoms with Crippen LogP contribution in [0, 0.1) is 5.92 Å². The van der Waals surface area contributed by atoms with Gasteiger partial charge in [0.1, 0.15) is 13.2 Å². The van der Waals surface area contributed by atoms with Crippen LogP contribution in [0.3, 0.4) is 0 Å². The summed E-state index contributed by atoms with van der Waals surface area (Å²) in [6.07, 6.45) is 3.42. The average Bonchev–Trinajstić information content (AvgIpc) is 2.70. The van der Waals surface area contributed by atoms with Crippen LogP contribution >= 0.6 is 0 Å². The first-order valence-corrected chi connectivity index (χ1v) is 8.95. The predicted octanol–water partition coefficient (Wildman–Crippen LogP) is 1.26. The second kappa shape index (κ2) is 10.4. The summed E-state index contributed by atoms with van der Waals surface area (Å²) in [5.41, 5.74) is 5.00. The molecule has 3 N–H and O–H groups in total. The van der Waals surface area contributed by atoms with Gasteiger partial charge in [0.2, 0.25) is 12.3 Å². The summed E-state index contributed by atoms with van der Waals surface area (Å²) in [6, 6.07) is 4.73. The molecule has 0 fully saturated rings. The lowest BCUT2D eigenvalue weighted by Gasteiger charge is -2.20. The lowest BCUT2D eigenvalue weighted by molar-refractivity contribution is -0.154. The fraction of sp³-hybridized carbons (Fsp3) is 0.500. The zero-order valence-electron chi connectivity index (χ0n) is 15.3. The highest BCUT2D eigenvalue weighted by atomic mass is 16.6. The fourth-order valence-corrected chi connectivity index (χ4v) is 2.69. The van der Waals surface area contributed by atoms with E-state index in [4.69, 9.17) is 9.47 Å². The van der Waals surface area contributed by atoms with Crippen LogP contribution < -0.4 is 20.3 Å². The van der Waals surface area contributed by atoms with Gasteiger partial charge >= 0.3 is 0 Å². The van der Waals surface area contributed by atoms with Crippen LogP contribution in [0.25, 0.3) is 0 Å². The van der Waals surface area contributed by atoms with Crippen molar-refractivity contribution >= 4 is 18.2 Å². The van der Waals surface area contributed by atoms with E-state index in [9.17, 15) is 19.6 Å².